The van der Waals surface area contributed by atoms with Crippen LogP contribution in [0.2, 0.25) is 0 Å². The van der Waals surface area contributed by atoms with Gasteiger partial charge in [0.2, 0.25) is 5.91 Å². The van der Waals surface area contributed by atoms with E-state index in [4.69, 9.17) is 4.74 Å². The van der Waals surface area contributed by atoms with Crippen molar-refractivity contribution in [3.05, 3.63) is 35.9 Å². The van der Waals surface area contributed by atoms with Crippen LogP contribution < -0.4 is 10.1 Å². The molecule has 4 heteroatoms. The predicted octanol–water partition coefficient (Wildman–Crippen LogP) is 2.70. The molecule has 4 nitrogen and oxygen atoms in total. The number of carbonyl (C=O) groups excluding carboxylic acids is 1. The van der Waals surface area contributed by atoms with E-state index in [0.29, 0.717) is 12.6 Å². The Morgan fingerprint density at radius 2 is 2.23 bits per heavy atom. The molecule has 1 amide bonds. The van der Waals surface area contributed by atoms with E-state index in [1.165, 1.54) is 0 Å². The Bertz CT molecular complexity index is 508. The van der Waals surface area contributed by atoms with Gasteiger partial charge in [0.25, 0.3) is 0 Å². The first kappa shape index (κ1) is 16.6. The van der Waals surface area contributed by atoms with E-state index in [9.17, 15) is 4.79 Å². The van der Waals surface area contributed by atoms with E-state index in [-0.39, 0.29) is 5.91 Å². The number of amides is 1. The predicted molar refractivity (Wildman–Crippen MR) is 89.9 cm³/mol. The van der Waals surface area contributed by atoms with Gasteiger partial charge in [-0.15, -0.1) is 0 Å². The fourth-order valence-electron chi connectivity index (χ4n) is 2.72. The lowest BCUT2D eigenvalue weighted by atomic mass is 10.1. The summed E-state index contributed by atoms with van der Waals surface area (Å²) in [5, 5.41) is 3.31. The summed E-state index contributed by atoms with van der Waals surface area (Å²) in [6.07, 6.45) is 5.52. The second-order valence-electron chi connectivity index (χ2n) is 5.49. The van der Waals surface area contributed by atoms with Crippen LogP contribution in [0.25, 0.3) is 6.08 Å². The van der Waals surface area contributed by atoms with Crippen molar-refractivity contribution in [3.63, 3.8) is 0 Å². The van der Waals surface area contributed by atoms with Gasteiger partial charge < -0.3 is 15.0 Å². The summed E-state index contributed by atoms with van der Waals surface area (Å²) in [5.41, 5.74) is 0.949. The molecule has 1 fully saturated rings. The van der Waals surface area contributed by atoms with Gasteiger partial charge in [0.1, 0.15) is 5.75 Å². The largest absolute Gasteiger partial charge is 0.493 e. The quantitative estimate of drug-likeness (QED) is 0.787. The SMILES string of the molecule is CCCOc1ccccc1/C=C/C(=O)N(CC)C1CCNC1. The number of carbonyl (C=O) groups is 1. The lowest BCUT2D eigenvalue weighted by Gasteiger charge is -2.25. The maximum atomic E-state index is 12.4. The first-order valence-corrected chi connectivity index (χ1v) is 8.17. The molecule has 1 aliphatic heterocycles. The second kappa shape index (κ2) is 8.59. The minimum Gasteiger partial charge on any atom is -0.493 e. The van der Waals surface area contributed by atoms with Crippen molar-refractivity contribution in [1.82, 2.24) is 10.2 Å². The zero-order chi connectivity index (χ0) is 15.8. The Balaban J connectivity index is 2.05. The third-order valence-corrected chi connectivity index (χ3v) is 3.89. The molecule has 0 aromatic heterocycles. The van der Waals surface area contributed by atoms with Gasteiger partial charge in [-0.1, -0.05) is 25.1 Å². The fourth-order valence-corrected chi connectivity index (χ4v) is 2.72. The summed E-state index contributed by atoms with van der Waals surface area (Å²) in [6, 6.07) is 8.14. The Morgan fingerprint density at radius 3 is 2.91 bits per heavy atom. The lowest BCUT2D eigenvalue weighted by Crippen LogP contribution is -2.40. The van der Waals surface area contributed by atoms with Crippen LogP contribution in [0.5, 0.6) is 5.75 Å². The number of nitrogens with one attached hydrogen (secondary N) is 1. The zero-order valence-corrected chi connectivity index (χ0v) is 13.5. The molecule has 120 valence electrons. The van der Waals surface area contributed by atoms with Crippen LogP contribution >= 0.6 is 0 Å². The molecular weight excluding hydrogens is 276 g/mol. The highest BCUT2D eigenvalue weighted by Gasteiger charge is 2.23. The molecule has 1 N–H and O–H groups in total. The standard InChI is InChI=1S/C18H26N2O2/c1-3-13-22-17-8-6-5-7-15(17)9-10-18(21)20(4-2)16-11-12-19-14-16/h5-10,16,19H,3-4,11-14H2,1-2H3/b10-9+. The van der Waals surface area contributed by atoms with E-state index < -0.39 is 0 Å². The number of rotatable bonds is 7. The summed E-state index contributed by atoms with van der Waals surface area (Å²) >= 11 is 0. The maximum absolute atomic E-state index is 12.4. The smallest absolute Gasteiger partial charge is 0.246 e. The van der Waals surface area contributed by atoms with Crippen molar-refractivity contribution < 1.29 is 9.53 Å². The Labute approximate surface area is 133 Å². The number of nitrogens with zero attached hydrogens (tertiary/aromatic N) is 1. The number of likely N-dealkylation sites (N-methyl/N-ethyl adjacent to an activating group) is 1. The van der Waals surface area contributed by atoms with Gasteiger partial charge in [0.05, 0.1) is 6.61 Å². The van der Waals surface area contributed by atoms with E-state index in [1.807, 2.05) is 42.2 Å². The van der Waals surface area contributed by atoms with Crippen LogP contribution in [0.4, 0.5) is 0 Å². The summed E-state index contributed by atoms with van der Waals surface area (Å²) in [4.78, 5) is 14.4. The molecule has 0 aliphatic carbocycles. The molecule has 1 atom stereocenters. The third kappa shape index (κ3) is 4.34. The molecule has 22 heavy (non-hydrogen) atoms. The first-order valence-electron chi connectivity index (χ1n) is 8.17. The Kier molecular flexibility index (Phi) is 6.46. The average molecular weight is 302 g/mol. The highest BCUT2D eigenvalue weighted by Crippen LogP contribution is 2.20. The summed E-state index contributed by atoms with van der Waals surface area (Å²) in [7, 11) is 0. The number of hydrogen-bond acceptors (Lipinski definition) is 3. The maximum Gasteiger partial charge on any atom is 0.246 e. The van der Waals surface area contributed by atoms with Crippen LogP contribution in [0.1, 0.15) is 32.3 Å². The van der Waals surface area contributed by atoms with Crippen LogP contribution in [-0.4, -0.2) is 43.1 Å². The highest BCUT2D eigenvalue weighted by molar-refractivity contribution is 5.92. The van der Waals surface area contributed by atoms with Crippen LogP contribution in [0, 0.1) is 0 Å². The van der Waals surface area contributed by atoms with Gasteiger partial charge in [-0.05, 0) is 38.5 Å². The number of benzene rings is 1. The van der Waals surface area contributed by atoms with Crippen LogP contribution in [0.15, 0.2) is 30.3 Å². The van der Waals surface area contributed by atoms with Gasteiger partial charge in [0, 0.05) is 30.8 Å². The fraction of sp³-hybridized carbons (Fsp3) is 0.500. The molecular formula is C18H26N2O2. The summed E-state index contributed by atoms with van der Waals surface area (Å²) in [6.45, 7) is 7.42. The Morgan fingerprint density at radius 1 is 1.41 bits per heavy atom. The molecule has 1 unspecified atom stereocenters. The zero-order valence-electron chi connectivity index (χ0n) is 13.5. The van der Waals surface area contributed by atoms with E-state index >= 15 is 0 Å². The number of ether oxygens (including phenoxy) is 1. The molecule has 0 radical (unpaired) electrons. The molecule has 1 heterocycles. The lowest BCUT2D eigenvalue weighted by molar-refractivity contribution is -0.127. The Hall–Kier alpha value is -1.81. The van der Waals surface area contributed by atoms with Gasteiger partial charge in [-0.2, -0.15) is 0 Å². The van der Waals surface area contributed by atoms with Crippen molar-refractivity contribution in [2.75, 3.05) is 26.2 Å². The van der Waals surface area contributed by atoms with E-state index in [2.05, 4.69) is 12.2 Å². The van der Waals surface area contributed by atoms with Gasteiger partial charge in [-0.25, -0.2) is 0 Å². The van der Waals surface area contributed by atoms with E-state index in [0.717, 1.165) is 43.8 Å². The minimum absolute atomic E-state index is 0.0708. The first-order chi connectivity index (χ1) is 10.8. The second-order valence-corrected chi connectivity index (χ2v) is 5.49. The highest BCUT2D eigenvalue weighted by atomic mass is 16.5. The monoisotopic (exact) mass is 302 g/mol. The van der Waals surface area contributed by atoms with Crippen molar-refractivity contribution >= 4 is 12.0 Å². The molecule has 1 aliphatic rings. The number of para-hydroxylation sites is 1. The molecule has 2 rings (SSSR count). The van der Waals surface area contributed by atoms with Crippen LogP contribution in [-0.2, 0) is 4.79 Å². The molecule has 1 aromatic carbocycles. The van der Waals surface area contributed by atoms with Crippen LogP contribution in [0.3, 0.4) is 0 Å². The normalized spacial score (nSPS) is 17.8. The van der Waals surface area contributed by atoms with Crippen molar-refractivity contribution in [1.29, 1.82) is 0 Å². The summed E-state index contributed by atoms with van der Waals surface area (Å²) in [5.74, 6) is 0.903. The molecule has 0 saturated carbocycles. The number of hydrogen-bond donors (Lipinski definition) is 1. The van der Waals surface area contributed by atoms with E-state index in [1.54, 1.807) is 6.08 Å². The van der Waals surface area contributed by atoms with Crippen molar-refractivity contribution in [3.8, 4) is 5.75 Å². The van der Waals surface area contributed by atoms with Gasteiger partial charge >= 0.3 is 0 Å². The molecule has 0 bridgehead atoms. The minimum atomic E-state index is 0.0708. The van der Waals surface area contributed by atoms with Crippen molar-refractivity contribution in [2.45, 2.75) is 32.7 Å². The topological polar surface area (TPSA) is 41.6 Å². The molecule has 1 saturated heterocycles. The molecule has 1 aromatic rings. The molecule has 0 spiro atoms. The van der Waals surface area contributed by atoms with Crippen molar-refractivity contribution in [2.24, 2.45) is 0 Å². The third-order valence-electron chi connectivity index (χ3n) is 3.89. The summed E-state index contributed by atoms with van der Waals surface area (Å²) < 4.78 is 5.72. The van der Waals surface area contributed by atoms with Gasteiger partial charge in [-0.3, -0.25) is 4.79 Å². The van der Waals surface area contributed by atoms with Gasteiger partial charge in [0.15, 0.2) is 0 Å². The average Bonchev–Trinajstić information content (AvgIpc) is 3.06.